The Morgan fingerprint density at radius 3 is 2.73 bits per heavy atom. The normalized spacial score (nSPS) is 26.4. The summed E-state index contributed by atoms with van der Waals surface area (Å²) >= 11 is 0. The highest BCUT2D eigenvalue weighted by molar-refractivity contribution is 5.91. The molecule has 1 saturated carbocycles. The van der Waals surface area contributed by atoms with Gasteiger partial charge in [0.05, 0.1) is 11.5 Å². The van der Waals surface area contributed by atoms with Crippen LogP contribution >= 0.6 is 0 Å². The van der Waals surface area contributed by atoms with Crippen LogP contribution in [0.25, 0.3) is 0 Å². The van der Waals surface area contributed by atoms with Crippen LogP contribution in [0.1, 0.15) is 38.2 Å². The summed E-state index contributed by atoms with van der Waals surface area (Å²) in [5.74, 6) is -0.134. The Balaban J connectivity index is 1.45. The molecule has 0 radical (unpaired) electrons. The molecule has 7 heteroatoms. The van der Waals surface area contributed by atoms with Crippen LogP contribution in [0.2, 0.25) is 0 Å². The van der Waals surface area contributed by atoms with Crippen molar-refractivity contribution in [1.82, 2.24) is 5.32 Å². The number of fused-ring (bicyclic) bond motifs is 1. The molecule has 0 aromatic heterocycles. The third-order valence-electron chi connectivity index (χ3n) is 5.80. The van der Waals surface area contributed by atoms with E-state index in [1.54, 1.807) is 12.1 Å². The number of nitrogens with one attached hydrogen (secondary N) is 1. The average molecular weight is 417 g/mol. The van der Waals surface area contributed by atoms with Crippen LogP contribution in [0.15, 0.2) is 54.7 Å². The van der Waals surface area contributed by atoms with E-state index in [1.165, 1.54) is 12.1 Å². The summed E-state index contributed by atoms with van der Waals surface area (Å²) in [6.45, 7) is 6.24. The molecule has 2 atom stereocenters. The summed E-state index contributed by atoms with van der Waals surface area (Å²) in [5.41, 5.74) is 0.988. The maximum Gasteiger partial charge on any atom is 0.586 e. The summed E-state index contributed by atoms with van der Waals surface area (Å²) in [5, 5.41) is 3.16. The third kappa shape index (κ3) is 3.99. The number of hydrogen-bond donors (Lipinski definition) is 1. The molecule has 1 aromatic carbocycles. The first-order valence-corrected chi connectivity index (χ1v) is 10.1. The van der Waals surface area contributed by atoms with Crippen LogP contribution in [0.4, 0.5) is 8.78 Å². The number of benzene rings is 1. The van der Waals surface area contributed by atoms with E-state index in [0.717, 1.165) is 12.0 Å². The zero-order chi connectivity index (χ0) is 21.4. The molecule has 0 spiro atoms. The first kappa shape index (κ1) is 20.6. The molecule has 0 unspecified atom stereocenters. The number of alkyl halides is 2. The van der Waals surface area contributed by atoms with Gasteiger partial charge in [-0.25, -0.2) is 0 Å². The minimum Gasteiger partial charge on any atom is -0.395 e. The molecule has 3 aliphatic rings. The molecule has 4 rings (SSSR count). The van der Waals surface area contributed by atoms with Crippen LogP contribution in [0.3, 0.4) is 0 Å². The summed E-state index contributed by atoms with van der Waals surface area (Å²) in [7, 11) is 0. The maximum atomic E-state index is 13.3. The van der Waals surface area contributed by atoms with Crippen molar-refractivity contribution in [3.05, 3.63) is 60.2 Å². The quantitative estimate of drug-likeness (QED) is 0.698. The standard InChI is InChI=1S/C23H25F2NO4/c1-3-5-15(6-4-2)19-14-17(9-12-28-19)26-21(27)22(10-11-22)16-7-8-18-20(13-16)30-23(24,25)29-18/h3-8,13,17,19H,1,9-12,14H2,2H3,(H,26,27)/b6-4-,15-5+/t17-,19+/m0/s1. The lowest BCUT2D eigenvalue weighted by Gasteiger charge is -2.32. The van der Waals surface area contributed by atoms with Gasteiger partial charge in [-0.3, -0.25) is 4.79 Å². The van der Waals surface area contributed by atoms with Crippen LogP contribution in [0, 0.1) is 0 Å². The van der Waals surface area contributed by atoms with E-state index in [0.29, 0.717) is 31.4 Å². The molecule has 5 nitrogen and oxygen atoms in total. The van der Waals surface area contributed by atoms with Crippen LogP contribution in [-0.2, 0) is 14.9 Å². The molecule has 2 aliphatic heterocycles. The highest BCUT2D eigenvalue weighted by Crippen LogP contribution is 2.52. The Morgan fingerprint density at radius 1 is 1.27 bits per heavy atom. The summed E-state index contributed by atoms with van der Waals surface area (Å²) in [6, 6.07) is 4.57. The van der Waals surface area contributed by atoms with E-state index in [2.05, 4.69) is 21.4 Å². The van der Waals surface area contributed by atoms with Crippen molar-refractivity contribution >= 4 is 5.91 Å². The first-order valence-electron chi connectivity index (χ1n) is 10.1. The number of halogens is 2. The van der Waals surface area contributed by atoms with Gasteiger partial charge in [0.1, 0.15) is 0 Å². The number of carbonyl (C=O) groups is 1. The molecule has 160 valence electrons. The highest BCUT2D eigenvalue weighted by Gasteiger charge is 2.53. The number of allylic oxidation sites excluding steroid dienone is 3. The largest absolute Gasteiger partial charge is 0.586 e. The fourth-order valence-electron chi connectivity index (χ4n) is 4.10. The second-order valence-corrected chi connectivity index (χ2v) is 7.87. The third-order valence-corrected chi connectivity index (χ3v) is 5.80. The van der Waals surface area contributed by atoms with Gasteiger partial charge in [0.2, 0.25) is 5.91 Å². The van der Waals surface area contributed by atoms with Gasteiger partial charge in [-0.05, 0) is 55.9 Å². The van der Waals surface area contributed by atoms with Crippen LogP contribution in [-0.4, -0.2) is 31.0 Å². The van der Waals surface area contributed by atoms with E-state index in [-0.39, 0.29) is 29.6 Å². The molecule has 1 amide bonds. The molecule has 1 saturated heterocycles. The molecule has 0 bridgehead atoms. The fourth-order valence-corrected chi connectivity index (χ4v) is 4.10. The number of ether oxygens (including phenoxy) is 3. The van der Waals surface area contributed by atoms with E-state index in [9.17, 15) is 13.6 Å². The van der Waals surface area contributed by atoms with Crippen molar-refractivity contribution in [1.29, 1.82) is 0 Å². The van der Waals surface area contributed by atoms with E-state index in [1.807, 2.05) is 25.2 Å². The number of amides is 1. The second-order valence-electron chi connectivity index (χ2n) is 7.87. The number of carbonyl (C=O) groups excluding carboxylic acids is 1. The lowest BCUT2D eigenvalue weighted by Crippen LogP contribution is -2.46. The summed E-state index contributed by atoms with van der Waals surface area (Å²) in [6.07, 6.45) is 6.53. The van der Waals surface area contributed by atoms with Gasteiger partial charge in [0, 0.05) is 12.6 Å². The number of rotatable bonds is 6. The first-order chi connectivity index (χ1) is 14.4. The van der Waals surface area contributed by atoms with Gasteiger partial charge in [-0.2, -0.15) is 0 Å². The van der Waals surface area contributed by atoms with Crippen molar-refractivity contribution in [2.24, 2.45) is 0 Å². The molecule has 1 N–H and O–H groups in total. The topological polar surface area (TPSA) is 56.8 Å². The predicted octanol–water partition coefficient (Wildman–Crippen LogP) is 4.39. The maximum absolute atomic E-state index is 13.3. The second kappa shape index (κ2) is 7.87. The minimum absolute atomic E-state index is 0.0160. The van der Waals surface area contributed by atoms with E-state index < -0.39 is 11.7 Å². The van der Waals surface area contributed by atoms with Crippen molar-refractivity contribution < 1.29 is 27.8 Å². The monoisotopic (exact) mass is 417 g/mol. The summed E-state index contributed by atoms with van der Waals surface area (Å²) < 4.78 is 41.5. The van der Waals surface area contributed by atoms with Gasteiger partial charge in [0.25, 0.3) is 0 Å². The molecule has 1 aliphatic carbocycles. The molecule has 2 fully saturated rings. The molecule has 2 heterocycles. The van der Waals surface area contributed by atoms with Crippen LogP contribution < -0.4 is 14.8 Å². The fraction of sp³-hybridized carbons (Fsp3) is 0.435. The van der Waals surface area contributed by atoms with Crippen molar-refractivity contribution in [3.8, 4) is 11.5 Å². The minimum atomic E-state index is -3.67. The summed E-state index contributed by atoms with van der Waals surface area (Å²) in [4.78, 5) is 13.1. The SMILES string of the molecule is C=C/C=C(\C=C/C)[C@H]1C[C@@H](NC(=O)C2(c3ccc4c(c3)OC(F)(F)O4)CC2)CCO1. The Bertz CT molecular complexity index is 904. The van der Waals surface area contributed by atoms with Gasteiger partial charge in [-0.1, -0.05) is 36.9 Å². The van der Waals surface area contributed by atoms with Crippen molar-refractivity contribution in [2.75, 3.05) is 6.61 Å². The predicted molar refractivity (Wildman–Crippen MR) is 108 cm³/mol. The van der Waals surface area contributed by atoms with Gasteiger partial charge >= 0.3 is 6.29 Å². The highest BCUT2D eigenvalue weighted by atomic mass is 19.3. The van der Waals surface area contributed by atoms with Gasteiger partial charge in [0.15, 0.2) is 11.5 Å². The Kier molecular flexibility index (Phi) is 5.40. The number of hydrogen-bond acceptors (Lipinski definition) is 4. The van der Waals surface area contributed by atoms with Gasteiger partial charge < -0.3 is 19.5 Å². The zero-order valence-corrected chi connectivity index (χ0v) is 16.8. The van der Waals surface area contributed by atoms with Crippen molar-refractivity contribution in [3.63, 3.8) is 0 Å². The molecule has 1 aromatic rings. The Morgan fingerprint density at radius 2 is 2.03 bits per heavy atom. The molecule has 30 heavy (non-hydrogen) atoms. The zero-order valence-electron chi connectivity index (χ0n) is 16.8. The lowest BCUT2D eigenvalue weighted by molar-refractivity contribution is -0.286. The van der Waals surface area contributed by atoms with E-state index >= 15 is 0 Å². The smallest absolute Gasteiger partial charge is 0.395 e. The average Bonchev–Trinajstić information content (AvgIpc) is 3.45. The van der Waals surface area contributed by atoms with Crippen LogP contribution in [0.5, 0.6) is 11.5 Å². The van der Waals surface area contributed by atoms with Crippen molar-refractivity contribution in [2.45, 2.75) is 56.5 Å². The Hall–Kier alpha value is -2.67. The lowest BCUT2D eigenvalue weighted by atomic mass is 9.92. The Labute approximate surface area is 174 Å². The molecular formula is C23H25F2NO4. The van der Waals surface area contributed by atoms with Gasteiger partial charge in [-0.15, -0.1) is 8.78 Å². The van der Waals surface area contributed by atoms with E-state index in [4.69, 9.17) is 4.74 Å². The molecular weight excluding hydrogens is 392 g/mol.